The molecule has 31 heteroatoms. The molecule has 9 aromatic heterocycles. The number of hydrogen-bond acceptors (Lipinski definition) is 18. The number of aliphatic hydroxyl groups excluding tert-OH is 1. The van der Waals surface area contributed by atoms with E-state index in [1.165, 1.54) is 73.4 Å². The first-order chi connectivity index (χ1) is 46.5. The van der Waals surface area contributed by atoms with Crippen LogP contribution in [0.4, 0.5) is 13.2 Å². The van der Waals surface area contributed by atoms with Gasteiger partial charge in [-0.3, -0.25) is 39.1 Å². The predicted octanol–water partition coefficient (Wildman–Crippen LogP) is 4.78. The van der Waals surface area contributed by atoms with Gasteiger partial charge in [-0.1, -0.05) is 20.8 Å². The summed E-state index contributed by atoms with van der Waals surface area (Å²) in [7, 11) is 1.00. The van der Waals surface area contributed by atoms with Gasteiger partial charge in [-0.05, 0) is 145 Å². The summed E-state index contributed by atoms with van der Waals surface area (Å²) in [5.74, 6) is -3.80. The Kier molecular flexibility index (Phi) is 27.6. The Labute approximate surface area is 578 Å². The third kappa shape index (κ3) is 17.9. The summed E-state index contributed by atoms with van der Waals surface area (Å²) in [4.78, 5) is 86.0. The van der Waals surface area contributed by atoms with Gasteiger partial charge in [0.25, 0.3) is 23.6 Å². The Balaban J connectivity index is 0.000000224. The molecular formula is C67H61F3N17NaO10. The quantitative estimate of drug-likeness (QED) is 0.0366. The summed E-state index contributed by atoms with van der Waals surface area (Å²) in [6.45, 7) is 5.75. The molecule has 0 saturated carbocycles. The van der Waals surface area contributed by atoms with E-state index >= 15 is 0 Å². The summed E-state index contributed by atoms with van der Waals surface area (Å²) in [6, 6.07) is 28.5. The molecule has 98 heavy (non-hydrogen) atoms. The van der Waals surface area contributed by atoms with Gasteiger partial charge in [-0.2, -0.15) is 20.6 Å². The number of aromatic nitrogens is 12. The van der Waals surface area contributed by atoms with Crippen LogP contribution in [0, 0.1) is 28.8 Å². The molecule has 0 radical (unpaired) electrons. The third-order valence-electron chi connectivity index (χ3n) is 14.7. The number of carboxylic acids is 1. The SMILES string of the molecule is CC[C@H](NC(=O)c1cncc2c1cnn2-c1ccc(F)cc1)c1ccnc(C#N)c1.CC[C@H](NC(=O)c1cncc2c1cnn2-c1ccc(F)cc1)c1ccnc(C(=O)O)c1.CC[C@H](NC(=O)c1cncc2c1cnn2-c1ccc(F)cc1)c1ccnc(C(N)=O)c1.CO.O.[Na+].[O-]O. The Morgan fingerprint density at radius 2 is 0.806 bits per heavy atom. The van der Waals surface area contributed by atoms with Crippen LogP contribution in [0.1, 0.15) is 133 Å². The van der Waals surface area contributed by atoms with Crippen molar-refractivity contribution in [1.82, 2.24) is 75.2 Å². The molecule has 0 aliphatic rings. The molecule has 3 atom stereocenters. The van der Waals surface area contributed by atoms with Crippen molar-refractivity contribution in [1.29, 1.82) is 5.26 Å². The maximum Gasteiger partial charge on any atom is 1.00 e. The number of nitrogens with zero attached hydrogens (tertiary/aromatic N) is 13. The monoisotopic (exact) mass is 1340 g/mol. The van der Waals surface area contributed by atoms with Crippen LogP contribution < -0.4 is 56.5 Å². The standard InChI is InChI=1S/C22H19FN6O2.C22H17FN6O.C22H18FN5O3.CH4O.Na.H2O2.H2O/c1-2-18(13-7-8-26-19(9-13)21(24)30)28-22(31)17-10-25-12-20-16(17)11-27-29(20)15-5-3-14(23)4-6-15;1-2-20(14-7-8-26-16(9-14)10-24)28-22(30)19-11-25-13-21-18(19)12-27-29(21)17-5-3-15(23)4-6-17;1-2-18(13-7-8-25-19(9-13)22(30)31)27-21(29)17-10-24-12-20-16(17)11-26-28(20)15-5-3-14(23)4-6-15;1-2;;1-2;/h3-12,18H,2H2,1H3,(H2,24,30)(H,28,31);3-9,11-13,20H,2H2,1H3,(H,28,30);3-12,18H,2H2,1H3,(H,27,29)(H,30,31);2H,1H3;;1-2H;1H2/q;;;;+1;;/p-1/t18-;20-;18-;;;;/m000..../s1. The van der Waals surface area contributed by atoms with E-state index in [4.69, 9.17) is 31.7 Å². The van der Waals surface area contributed by atoms with Gasteiger partial charge in [-0.25, -0.2) is 42.0 Å². The van der Waals surface area contributed by atoms with Gasteiger partial charge in [0.15, 0.2) is 0 Å². The number of nitrogens with two attached hydrogens (primary N) is 1. The van der Waals surface area contributed by atoms with Crippen molar-refractivity contribution >= 4 is 62.3 Å². The van der Waals surface area contributed by atoms with E-state index in [1.54, 1.807) is 124 Å². The Hall–Kier alpha value is -11.6. The number of fused-ring (bicyclic) bond motifs is 3. The van der Waals surface area contributed by atoms with Gasteiger partial charge in [-0.15, -0.1) is 0 Å². The molecule has 0 spiro atoms. The molecule has 0 bridgehead atoms. The van der Waals surface area contributed by atoms with E-state index in [2.05, 4.69) is 61.2 Å². The number of rotatable bonds is 17. The van der Waals surface area contributed by atoms with Crippen molar-refractivity contribution < 1.29 is 92.9 Å². The van der Waals surface area contributed by atoms with E-state index in [0.717, 1.165) is 18.2 Å². The zero-order chi connectivity index (χ0) is 69.0. The number of halogens is 3. The minimum Gasteiger partial charge on any atom is -0.727 e. The van der Waals surface area contributed by atoms with E-state index in [1.807, 2.05) is 26.8 Å². The van der Waals surface area contributed by atoms with Gasteiger partial charge in [0.05, 0.1) is 106 Å². The molecule has 0 aliphatic carbocycles. The molecular weight excluding hydrogens is 1280 g/mol. The van der Waals surface area contributed by atoms with Crippen molar-refractivity contribution in [2.24, 2.45) is 5.73 Å². The first-order valence-electron chi connectivity index (χ1n) is 29.2. The number of aliphatic hydroxyl groups is 1. The molecule has 12 aromatic rings. The largest absolute Gasteiger partial charge is 1.00 e. The Morgan fingerprint density at radius 3 is 1.11 bits per heavy atom. The van der Waals surface area contributed by atoms with Crippen LogP contribution >= 0.6 is 0 Å². The Bertz CT molecular complexity index is 4570. The fraction of sp³-hybridized carbons (Fsp3) is 0.149. The number of nitrogens with one attached hydrogen (secondary N) is 3. The van der Waals surface area contributed by atoms with E-state index in [9.17, 15) is 37.1 Å². The normalized spacial score (nSPS) is 11.3. The zero-order valence-electron chi connectivity index (χ0n) is 53.0. The minimum atomic E-state index is -1.13. The summed E-state index contributed by atoms with van der Waals surface area (Å²) >= 11 is 0. The fourth-order valence-electron chi connectivity index (χ4n) is 10.0. The van der Waals surface area contributed by atoms with Crippen LogP contribution in [0.3, 0.4) is 0 Å². The number of benzene rings is 3. The molecule has 0 unspecified atom stereocenters. The maximum absolute atomic E-state index is 13.3. The number of carbonyl (C=O) groups is 5. The second-order valence-electron chi connectivity index (χ2n) is 20.5. The number of primary amides is 1. The number of pyridine rings is 6. The molecule has 0 saturated heterocycles. The third-order valence-corrected chi connectivity index (χ3v) is 14.7. The van der Waals surface area contributed by atoms with Gasteiger partial charge in [0.2, 0.25) is 0 Å². The first-order valence-corrected chi connectivity index (χ1v) is 29.2. The van der Waals surface area contributed by atoms with Crippen LogP contribution in [0.2, 0.25) is 0 Å². The smallest absolute Gasteiger partial charge is 0.727 e. The topological polar surface area (TPSA) is 417 Å². The predicted molar refractivity (Wildman–Crippen MR) is 345 cm³/mol. The van der Waals surface area contributed by atoms with Gasteiger partial charge >= 0.3 is 35.5 Å². The van der Waals surface area contributed by atoms with Crippen LogP contribution in [-0.2, 0) is 0 Å². The van der Waals surface area contributed by atoms with Crippen molar-refractivity contribution in [3.8, 4) is 23.1 Å². The molecule has 27 nitrogen and oxygen atoms in total. The number of amides is 4. The van der Waals surface area contributed by atoms with E-state index in [0.29, 0.717) is 97.0 Å². The van der Waals surface area contributed by atoms with Crippen LogP contribution in [-0.4, -0.2) is 117 Å². The van der Waals surface area contributed by atoms with Crippen molar-refractivity contribution in [3.63, 3.8) is 0 Å². The molecule has 0 fully saturated rings. The van der Waals surface area contributed by atoms with Crippen LogP contribution in [0.5, 0.6) is 0 Å². The molecule has 0 aliphatic heterocycles. The average molecular weight is 1340 g/mol. The minimum absolute atomic E-state index is 0. The summed E-state index contributed by atoms with van der Waals surface area (Å²) in [6.07, 6.45) is 20.2. The van der Waals surface area contributed by atoms with Gasteiger partial charge in [0, 0.05) is 60.4 Å². The second-order valence-corrected chi connectivity index (χ2v) is 20.5. The molecule has 9 heterocycles. The van der Waals surface area contributed by atoms with Gasteiger partial charge in [0.1, 0.15) is 40.6 Å². The number of nitriles is 1. The van der Waals surface area contributed by atoms with E-state index in [-0.39, 0.29) is 93.7 Å². The Morgan fingerprint density at radius 1 is 0.500 bits per heavy atom. The fourth-order valence-corrected chi connectivity index (χ4v) is 10.0. The number of hydrogen-bond donors (Lipinski definition) is 7. The van der Waals surface area contributed by atoms with Crippen LogP contribution in [0.25, 0.3) is 49.8 Å². The number of carbonyl (C=O) groups excluding carboxylic acids is 4. The molecule has 4 amide bonds. The summed E-state index contributed by atoms with van der Waals surface area (Å²) < 4.78 is 44.5. The average Bonchev–Trinajstić information content (AvgIpc) is 1.63. The molecule has 496 valence electrons. The molecule has 3 aromatic carbocycles. The van der Waals surface area contributed by atoms with Crippen molar-refractivity contribution in [3.05, 3.63) is 251 Å². The van der Waals surface area contributed by atoms with Crippen LogP contribution in [0.15, 0.2) is 184 Å². The summed E-state index contributed by atoms with van der Waals surface area (Å²) in [5, 5.41) is 62.0. The first kappa shape index (κ1) is 75.5. The summed E-state index contributed by atoms with van der Waals surface area (Å²) in [5.41, 5.74) is 12.7. The zero-order valence-corrected chi connectivity index (χ0v) is 55.0. The van der Waals surface area contributed by atoms with E-state index < -0.39 is 17.9 Å². The van der Waals surface area contributed by atoms with Gasteiger partial charge < -0.3 is 47.9 Å². The number of aromatic carboxylic acids is 1. The maximum atomic E-state index is 13.3. The van der Waals surface area contributed by atoms with Crippen molar-refractivity contribution in [2.45, 2.75) is 58.2 Å². The van der Waals surface area contributed by atoms with Crippen molar-refractivity contribution in [2.75, 3.05) is 7.11 Å². The molecule has 12 rings (SSSR count). The number of carboxylic acid groups (broad SMARTS) is 1. The molecule has 10 N–H and O–H groups in total. The second kappa shape index (κ2) is 35.8.